The number of pyridine rings is 1. The summed E-state index contributed by atoms with van der Waals surface area (Å²) in [7, 11) is 0. The second-order valence-corrected chi connectivity index (χ2v) is 9.41. The molecule has 3 heterocycles. The Morgan fingerprint density at radius 1 is 1.00 bits per heavy atom. The first-order valence-corrected chi connectivity index (χ1v) is 11.9. The molecule has 1 aliphatic carbocycles. The van der Waals surface area contributed by atoms with E-state index >= 15 is 4.39 Å². The molecule has 1 saturated heterocycles. The number of benzene rings is 2. The molecular weight excluding hydrogens is 446 g/mol. The van der Waals surface area contributed by atoms with Gasteiger partial charge in [0.15, 0.2) is 5.65 Å². The van der Waals surface area contributed by atoms with Gasteiger partial charge in [0.1, 0.15) is 29.0 Å². The smallest absolute Gasteiger partial charge is 0.167 e. The fourth-order valence-corrected chi connectivity index (χ4v) is 4.99. The van der Waals surface area contributed by atoms with E-state index in [1.807, 2.05) is 18.2 Å². The van der Waals surface area contributed by atoms with Gasteiger partial charge in [-0.05, 0) is 73.6 Å². The molecule has 2 aromatic carbocycles. The lowest BCUT2D eigenvalue weighted by molar-refractivity contribution is 0.507. The van der Waals surface area contributed by atoms with Gasteiger partial charge in [0.05, 0.1) is 16.9 Å². The number of halogens is 2. The lowest BCUT2D eigenvalue weighted by Crippen LogP contribution is -2.42. The summed E-state index contributed by atoms with van der Waals surface area (Å²) in [5.41, 5.74) is 9.85. The molecule has 2 N–H and O–H groups in total. The molecule has 35 heavy (non-hydrogen) atoms. The largest absolute Gasteiger partial charge is 0.368 e. The van der Waals surface area contributed by atoms with Gasteiger partial charge in [0.25, 0.3) is 0 Å². The second kappa shape index (κ2) is 8.43. The van der Waals surface area contributed by atoms with Crippen LogP contribution in [0.3, 0.4) is 0 Å². The first-order chi connectivity index (χ1) is 17.0. The molecule has 0 radical (unpaired) electrons. The minimum atomic E-state index is -0.650. The Labute approximate surface area is 201 Å². The molecule has 1 saturated carbocycles. The average Bonchev–Trinajstić information content (AvgIpc) is 3.64. The molecule has 6 nitrogen and oxygen atoms in total. The number of nitrogens with two attached hydrogens (primary N) is 1. The third-order valence-corrected chi connectivity index (χ3v) is 6.93. The van der Waals surface area contributed by atoms with Crippen molar-refractivity contribution in [1.82, 2.24) is 14.5 Å². The van der Waals surface area contributed by atoms with Crippen molar-refractivity contribution in [2.75, 3.05) is 18.0 Å². The Bertz CT molecular complexity index is 1480. The van der Waals surface area contributed by atoms with Gasteiger partial charge in [-0.25, -0.2) is 18.7 Å². The number of anilines is 1. The summed E-state index contributed by atoms with van der Waals surface area (Å²) in [6.45, 7) is 1.53. The van der Waals surface area contributed by atoms with Crippen molar-refractivity contribution in [1.29, 1.82) is 5.26 Å². The molecule has 1 atom stereocenters. The van der Waals surface area contributed by atoms with E-state index in [9.17, 15) is 4.39 Å². The number of rotatable bonds is 4. The zero-order chi connectivity index (χ0) is 24.1. The molecular formula is C27H24F2N6. The van der Waals surface area contributed by atoms with E-state index in [1.165, 1.54) is 12.1 Å². The normalized spacial score (nSPS) is 18.1. The van der Waals surface area contributed by atoms with Gasteiger partial charge in [-0.3, -0.25) is 4.57 Å². The van der Waals surface area contributed by atoms with E-state index in [0.29, 0.717) is 40.7 Å². The highest BCUT2D eigenvalue weighted by molar-refractivity contribution is 5.90. The zero-order valence-electron chi connectivity index (χ0n) is 19.1. The lowest BCUT2D eigenvalue weighted by Gasteiger charge is -2.32. The Morgan fingerprint density at radius 2 is 1.86 bits per heavy atom. The summed E-state index contributed by atoms with van der Waals surface area (Å²) in [4.78, 5) is 11.6. The molecule has 6 rings (SSSR count). The van der Waals surface area contributed by atoms with E-state index < -0.39 is 5.82 Å². The van der Waals surface area contributed by atoms with Gasteiger partial charge in [-0.15, -0.1) is 0 Å². The maximum Gasteiger partial charge on any atom is 0.167 e. The molecule has 0 spiro atoms. The lowest BCUT2D eigenvalue weighted by atomic mass is 10.1. The highest BCUT2D eigenvalue weighted by atomic mass is 19.1. The van der Waals surface area contributed by atoms with Crippen molar-refractivity contribution in [3.05, 3.63) is 71.4 Å². The van der Waals surface area contributed by atoms with Crippen LogP contribution in [-0.2, 0) is 0 Å². The highest BCUT2D eigenvalue weighted by Crippen LogP contribution is 2.41. The molecule has 176 valence electrons. The van der Waals surface area contributed by atoms with Gasteiger partial charge in [0, 0.05) is 30.9 Å². The molecule has 2 fully saturated rings. The van der Waals surface area contributed by atoms with Gasteiger partial charge in [-0.1, -0.05) is 6.07 Å². The summed E-state index contributed by atoms with van der Waals surface area (Å²) in [6, 6.07) is 13.4. The van der Waals surface area contributed by atoms with E-state index in [0.717, 1.165) is 43.5 Å². The Kier molecular flexibility index (Phi) is 5.23. The summed E-state index contributed by atoms with van der Waals surface area (Å²) >= 11 is 0. The van der Waals surface area contributed by atoms with Crippen LogP contribution in [-0.4, -0.2) is 33.7 Å². The standard InChI is InChI=1S/C27H24F2N6/c28-21-13-18(5-6-19(21)14-30)26-33-25-24(34-11-1-2-20(31)15-34)9-10-32-27(25)35(26)23-8-7-17(12-22(23)29)16-3-4-16/h5-10,12-13,16,20H,1-4,11,15,31H2. The van der Waals surface area contributed by atoms with Crippen molar-refractivity contribution < 1.29 is 8.78 Å². The molecule has 0 bridgehead atoms. The predicted molar refractivity (Wildman–Crippen MR) is 130 cm³/mol. The Morgan fingerprint density at radius 3 is 2.57 bits per heavy atom. The van der Waals surface area contributed by atoms with E-state index in [2.05, 4.69) is 9.88 Å². The Hall–Kier alpha value is -3.83. The maximum atomic E-state index is 15.5. The fraction of sp³-hybridized carbons (Fsp3) is 0.296. The third-order valence-electron chi connectivity index (χ3n) is 6.93. The maximum absolute atomic E-state index is 15.5. The van der Waals surface area contributed by atoms with Crippen molar-refractivity contribution in [3.63, 3.8) is 0 Å². The first kappa shape index (κ1) is 21.7. The first-order valence-electron chi connectivity index (χ1n) is 11.9. The van der Waals surface area contributed by atoms with E-state index in [4.69, 9.17) is 16.0 Å². The quantitative estimate of drug-likeness (QED) is 0.452. The molecule has 0 amide bonds. The van der Waals surface area contributed by atoms with Gasteiger partial charge in [0.2, 0.25) is 0 Å². The number of piperidine rings is 1. The van der Waals surface area contributed by atoms with Crippen LogP contribution in [0.25, 0.3) is 28.2 Å². The number of nitriles is 1. The highest BCUT2D eigenvalue weighted by Gasteiger charge is 2.27. The number of nitrogens with zero attached hydrogens (tertiary/aromatic N) is 5. The zero-order valence-corrected chi connectivity index (χ0v) is 19.1. The monoisotopic (exact) mass is 470 g/mol. The predicted octanol–water partition coefficient (Wildman–Crippen LogP) is 5.04. The average molecular weight is 471 g/mol. The number of hydrogen-bond donors (Lipinski definition) is 1. The Balaban J connectivity index is 1.58. The van der Waals surface area contributed by atoms with Crippen molar-refractivity contribution >= 4 is 16.9 Å². The van der Waals surface area contributed by atoms with Gasteiger partial charge >= 0.3 is 0 Å². The molecule has 4 aromatic rings. The SMILES string of the molecule is N#Cc1ccc(-c2nc3c(N4CCCC(N)C4)ccnc3n2-c2ccc(C3CC3)cc2F)cc1F. The van der Waals surface area contributed by atoms with Crippen LogP contribution in [0.2, 0.25) is 0 Å². The van der Waals surface area contributed by atoms with E-state index in [1.54, 1.807) is 29.0 Å². The summed E-state index contributed by atoms with van der Waals surface area (Å²) < 4.78 is 31.8. The second-order valence-electron chi connectivity index (χ2n) is 9.41. The number of fused-ring (bicyclic) bond motifs is 1. The molecule has 2 aromatic heterocycles. The van der Waals surface area contributed by atoms with Crippen LogP contribution in [0, 0.1) is 23.0 Å². The van der Waals surface area contributed by atoms with Crippen LogP contribution in [0.15, 0.2) is 48.7 Å². The molecule has 1 aliphatic heterocycles. The molecule has 8 heteroatoms. The van der Waals surface area contributed by atoms with Crippen LogP contribution in [0.4, 0.5) is 14.5 Å². The van der Waals surface area contributed by atoms with Crippen LogP contribution in [0.1, 0.15) is 42.7 Å². The van der Waals surface area contributed by atoms with Gasteiger partial charge in [-0.2, -0.15) is 5.26 Å². The number of hydrogen-bond acceptors (Lipinski definition) is 5. The summed E-state index contributed by atoms with van der Waals surface area (Å²) in [5.74, 6) is -0.249. The summed E-state index contributed by atoms with van der Waals surface area (Å²) in [5, 5.41) is 9.15. The molecule has 2 aliphatic rings. The van der Waals surface area contributed by atoms with Crippen LogP contribution in [0.5, 0.6) is 0 Å². The van der Waals surface area contributed by atoms with Crippen LogP contribution < -0.4 is 10.6 Å². The third kappa shape index (κ3) is 3.82. The minimum absolute atomic E-state index is 0.0579. The summed E-state index contributed by atoms with van der Waals surface area (Å²) in [6.07, 6.45) is 5.77. The van der Waals surface area contributed by atoms with Crippen molar-refractivity contribution in [2.45, 2.75) is 37.6 Å². The van der Waals surface area contributed by atoms with Crippen LogP contribution >= 0.6 is 0 Å². The van der Waals surface area contributed by atoms with Crippen molar-refractivity contribution in [3.8, 4) is 23.1 Å². The topological polar surface area (TPSA) is 83.8 Å². The fourth-order valence-electron chi connectivity index (χ4n) is 4.99. The van der Waals surface area contributed by atoms with Gasteiger partial charge < -0.3 is 10.6 Å². The minimum Gasteiger partial charge on any atom is -0.368 e. The number of aromatic nitrogens is 3. The van der Waals surface area contributed by atoms with E-state index in [-0.39, 0.29) is 17.4 Å². The van der Waals surface area contributed by atoms with Crippen molar-refractivity contribution in [2.24, 2.45) is 5.73 Å². The number of imidazole rings is 1. The molecule has 1 unspecified atom stereocenters.